The van der Waals surface area contributed by atoms with Crippen molar-refractivity contribution in [2.24, 2.45) is 0 Å². The summed E-state index contributed by atoms with van der Waals surface area (Å²) in [6.45, 7) is 4.69. The second-order valence-electron chi connectivity index (χ2n) is 5.15. The fourth-order valence-electron chi connectivity index (χ4n) is 2.53. The summed E-state index contributed by atoms with van der Waals surface area (Å²) < 4.78 is 39.1. The average molecular weight is 380 g/mol. The van der Waals surface area contributed by atoms with Crippen LogP contribution in [0.3, 0.4) is 0 Å². The number of halogens is 3. The fourth-order valence-corrected chi connectivity index (χ4v) is 4.79. The molecule has 0 N–H and O–H groups in total. The number of hydrogen-bond acceptors (Lipinski definition) is 6. The minimum atomic E-state index is -4.76. The van der Waals surface area contributed by atoms with E-state index in [4.69, 9.17) is 0 Å². The maximum Gasteiger partial charge on any atom is 0.418 e. The van der Waals surface area contributed by atoms with E-state index >= 15 is 0 Å². The Kier molecular flexibility index (Phi) is 5.49. The number of rotatable bonds is 6. The second-order valence-corrected chi connectivity index (χ2v) is 7.37. The van der Waals surface area contributed by atoms with E-state index < -0.39 is 26.4 Å². The van der Waals surface area contributed by atoms with Crippen molar-refractivity contribution >= 4 is 43.4 Å². The first-order valence-electron chi connectivity index (χ1n) is 7.27. The molecule has 24 heavy (non-hydrogen) atoms. The molecule has 0 saturated carbocycles. The van der Waals surface area contributed by atoms with Crippen LogP contribution in [0.15, 0.2) is 10.9 Å². The zero-order chi connectivity index (χ0) is 18.1. The van der Waals surface area contributed by atoms with Crippen LogP contribution in [0.25, 0.3) is 9.40 Å². The van der Waals surface area contributed by atoms with E-state index in [2.05, 4.69) is 0 Å². The first kappa shape index (κ1) is 18.7. The average Bonchev–Trinajstić information content (AvgIpc) is 2.84. The molecule has 0 saturated heterocycles. The Hall–Kier alpha value is -1.68. The van der Waals surface area contributed by atoms with Crippen molar-refractivity contribution in [1.82, 2.24) is 0 Å². The van der Waals surface area contributed by atoms with Crippen molar-refractivity contribution < 1.29 is 18.1 Å². The minimum Gasteiger partial charge on any atom is -0.365 e. The number of fused-ring (bicyclic) bond motifs is 1. The highest BCUT2D eigenvalue weighted by molar-refractivity contribution is 7.36. The van der Waals surface area contributed by atoms with Gasteiger partial charge in [-0.3, -0.25) is 14.9 Å². The monoisotopic (exact) mass is 380 g/mol. The van der Waals surface area contributed by atoms with Crippen LogP contribution in [0, 0.1) is 10.1 Å². The van der Waals surface area contributed by atoms with E-state index in [1.807, 2.05) is 13.8 Å². The summed E-state index contributed by atoms with van der Waals surface area (Å²) in [6, 6.07) is 0.554. The molecular formula is C14H15F3N2O3S2. The summed E-state index contributed by atoms with van der Waals surface area (Å²) in [5.74, 6) is 0. The van der Waals surface area contributed by atoms with Gasteiger partial charge in [0.25, 0.3) is 9.74 Å². The van der Waals surface area contributed by atoms with Gasteiger partial charge in [0.05, 0.1) is 19.9 Å². The normalized spacial score (nSPS) is 11.9. The molecule has 2 aromatic rings. The van der Waals surface area contributed by atoms with Gasteiger partial charge in [0.2, 0.25) is 0 Å². The number of anilines is 1. The molecule has 1 heterocycles. The van der Waals surface area contributed by atoms with Gasteiger partial charge in [0.15, 0.2) is 0 Å². The molecule has 2 rings (SSSR count). The number of hydrogen-bond donors (Lipinski definition) is 0. The topological polar surface area (TPSA) is 63.4 Å². The van der Waals surface area contributed by atoms with Crippen LogP contribution in [0.4, 0.5) is 24.5 Å². The number of alkyl halides is 3. The Morgan fingerprint density at radius 2 is 1.71 bits per heavy atom. The summed E-state index contributed by atoms with van der Waals surface area (Å²) in [7, 11) is 0. The number of nitro groups is 1. The predicted octanol–water partition coefficient (Wildman–Crippen LogP) is 4.88. The molecule has 10 heteroatoms. The molecule has 0 spiro atoms. The maximum absolute atomic E-state index is 13.3. The van der Waals surface area contributed by atoms with Crippen molar-refractivity contribution in [3.63, 3.8) is 0 Å². The van der Waals surface area contributed by atoms with Gasteiger partial charge < -0.3 is 4.90 Å². The lowest BCUT2D eigenvalue weighted by Gasteiger charge is -2.24. The van der Waals surface area contributed by atoms with Gasteiger partial charge in [-0.15, -0.1) is 0 Å². The van der Waals surface area contributed by atoms with E-state index in [0.29, 0.717) is 54.7 Å². The first-order chi connectivity index (χ1) is 11.2. The summed E-state index contributed by atoms with van der Waals surface area (Å²) in [4.78, 5) is 24.0. The Morgan fingerprint density at radius 1 is 1.17 bits per heavy atom. The molecule has 0 aliphatic carbocycles. The predicted molar refractivity (Wildman–Crippen MR) is 90.4 cm³/mol. The van der Waals surface area contributed by atoms with Gasteiger partial charge in [-0.05, 0) is 12.8 Å². The molecule has 5 nitrogen and oxygen atoms in total. The summed E-state index contributed by atoms with van der Waals surface area (Å²) in [5.41, 5.74) is -1.61. The molecule has 0 atom stereocenters. The quantitative estimate of drug-likeness (QED) is 0.529. The maximum atomic E-state index is 13.3. The SMILES string of the molecule is CCCN(CCC)c1c([N+](=O)[O-])cc(C(F)(F)F)c2sc(=O)sc12. The fraction of sp³-hybridized carbons (Fsp3) is 0.500. The van der Waals surface area contributed by atoms with Crippen molar-refractivity contribution in [1.29, 1.82) is 0 Å². The molecule has 1 aromatic heterocycles. The second kappa shape index (κ2) is 7.06. The van der Waals surface area contributed by atoms with Crippen LogP contribution in [0.2, 0.25) is 0 Å². The highest BCUT2D eigenvalue weighted by Crippen LogP contribution is 2.46. The molecule has 0 amide bonds. The van der Waals surface area contributed by atoms with E-state index in [0.717, 1.165) is 0 Å². The van der Waals surface area contributed by atoms with Crippen molar-refractivity contribution in [2.75, 3.05) is 18.0 Å². The van der Waals surface area contributed by atoms with Gasteiger partial charge in [0.1, 0.15) is 5.69 Å². The third kappa shape index (κ3) is 3.54. The third-order valence-corrected chi connectivity index (χ3v) is 5.56. The molecule has 0 unspecified atom stereocenters. The lowest BCUT2D eigenvalue weighted by molar-refractivity contribution is -0.384. The molecule has 0 aliphatic heterocycles. The van der Waals surface area contributed by atoms with Crippen LogP contribution >= 0.6 is 22.7 Å². The summed E-state index contributed by atoms with van der Waals surface area (Å²) in [5, 5.41) is 11.4. The molecule has 0 fully saturated rings. The molecule has 132 valence electrons. The molecule has 0 radical (unpaired) electrons. The number of nitrogens with zero attached hydrogens (tertiary/aromatic N) is 2. The van der Waals surface area contributed by atoms with E-state index in [9.17, 15) is 28.1 Å². The van der Waals surface area contributed by atoms with Gasteiger partial charge in [-0.2, -0.15) is 13.2 Å². The van der Waals surface area contributed by atoms with E-state index in [1.165, 1.54) is 0 Å². The number of benzene rings is 1. The smallest absolute Gasteiger partial charge is 0.365 e. The van der Waals surface area contributed by atoms with E-state index in [-0.39, 0.29) is 15.1 Å². The highest BCUT2D eigenvalue weighted by atomic mass is 32.2. The Morgan fingerprint density at radius 3 is 2.17 bits per heavy atom. The van der Waals surface area contributed by atoms with Crippen LogP contribution in [0.5, 0.6) is 0 Å². The largest absolute Gasteiger partial charge is 0.418 e. The van der Waals surface area contributed by atoms with Crippen LogP contribution in [-0.4, -0.2) is 18.0 Å². The number of nitro benzene ring substituents is 1. The molecule has 0 bridgehead atoms. The van der Waals surface area contributed by atoms with Gasteiger partial charge in [-0.1, -0.05) is 36.5 Å². The Labute approximate surface area is 143 Å². The highest BCUT2D eigenvalue weighted by Gasteiger charge is 2.38. The summed E-state index contributed by atoms with van der Waals surface area (Å²) in [6.07, 6.45) is -3.40. The zero-order valence-electron chi connectivity index (χ0n) is 13.0. The minimum absolute atomic E-state index is 0.0495. The van der Waals surface area contributed by atoms with Gasteiger partial charge >= 0.3 is 6.18 Å². The Bertz CT molecular complexity index is 808. The van der Waals surface area contributed by atoms with Crippen LogP contribution in [-0.2, 0) is 6.18 Å². The lowest BCUT2D eigenvalue weighted by Crippen LogP contribution is -2.26. The molecular weight excluding hydrogens is 365 g/mol. The van der Waals surface area contributed by atoms with E-state index in [1.54, 1.807) is 4.90 Å². The third-order valence-electron chi connectivity index (χ3n) is 3.37. The first-order valence-corrected chi connectivity index (χ1v) is 8.91. The van der Waals surface area contributed by atoms with Crippen LogP contribution < -0.4 is 8.96 Å². The zero-order valence-corrected chi connectivity index (χ0v) is 14.6. The van der Waals surface area contributed by atoms with Gasteiger partial charge in [-0.25, -0.2) is 0 Å². The standard InChI is InChI=1S/C14H15F3N2O3S2/c1-3-5-18(6-4-2)10-9(19(21)22)7-8(14(15,16)17)11-12(10)24-13(20)23-11/h7H,3-6H2,1-2H3. The van der Waals surface area contributed by atoms with Crippen molar-refractivity contribution in [3.05, 3.63) is 30.6 Å². The molecule has 0 aliphatic rings. The molecule has 1 aromatic carbocycles. The lowest BCUT2D eigenvalue weighted by atomic mass is 10.1. The van der Waals surface area contributed by atoms with Crippen molar-refractivity contribution in [2.45, 2.75) is 32.9 Å². The van der Waals surface area contributed by atoms with Crippen molar-refractivity contribution in [3.8, 4) is 0 Å². The summed E-state index contributed by atoms with van der Waals surface area (Å²) >= 11 is 1.12. The Balaban J connectivity index is 2.89. The van der Waals surface area contributed by atoms with Gasteiger partial charge in [0, 0.05) is 19.2 Å². The van der Waals surface area contributed by atoms with Crippen LogP contribution in [0.1, 0.15) is 32.3 Å².